The van der Waals surface area contributed by atoms with E-state index in [0.717, 1.165) is 28.8 Å². The van der Waals surface area contributed by atoms with Crippen LogP contribution < -0.4 is 9.54 Å². The number of benzene rings is 3. The smallest absolute Gasteiger partial charge is 0.279 e. The summed E-state index contributed by atoms with van der Waals surface area (Å²) >= 11 is 1.54. The lowest BCUT2D eigenvalue weighted by atomic mass is 10.1. The van der Waals surface area contributed by atoms with E-state index in [4.69, 9.17) is 4.74 Å². The van der Waals surface area contributed by atoms with Gasteiger partial charge >= 0.3 is 0 Å². The molecule has 0 aliphatic carbocycles. The quantitative estimate of drug-likeness (QED) is 0.275. The molecule has 0 N–H and O–H groups in total. The van der Waals surface area contributed by atoms with Crippen LogP contribution in [0.25, 0.3) is 21.0 Å². The van der Waals surface area contributed by atoms with Crippen molar-refractivity contribution < 1.29 is 9.53 Å². The van der Waals surface area contributed by atoms with Crippen LogP contribution in [0.15, 0.2) is 78.3 Å². The summed E-state index contributed by atoms with van der Waals surface area (Å²) in [5, 5.41) is 2.34. The van der Waals surface area contributed by atoms with Crippen LogP contribution >= 0.6 is 11.3 Å². The molecular formula is C25H24N2O2S. The van der Waals surface area contributed by atoms with Crippen LogP contribution in [0.1, 0.15) is 30.1 Å². The van der Waals surface area contributed by atoms with Gasteiger partial charge in [-0.05, 0) is 42.1 Å². The van der Waals surface area contributed by atoms with Crippen molar-refractivity contribution in [1.29, 1.82) is 0 Å². The van der Waals surface area contributed by atoms with Gasteiger partial charge in [-0.25, -0.2) is 0 Å². The molecular weight excluding hydrogens is 392 g/mol. The van der Waals surface area contributed by atoms with Gasteiger partial charge in [0, 0.05) is 17.5 Å². The van der Waals surface area contributed by atoms with Crippen molar-refractivity contribution in [1.82, 2.24) is 4.57 Å². The van der Waals surface area contributed by atoms with Crippen molar-refractivity contribution in [3.8, 4) is 5.75 Å². The van der Waals surface area contributed by atoms with Crippen LogP contribution in [0.3, 0.4) is 0 Å². The van der Waals surface area contributed by atoms with Gasteiger partial charge in [0.2, 0.25) is 0 Å². The van der Waals surface area contributed by atoms with Crippen LogP contribution in [0, 0.1) is 0 Å². The number of nitrogens with zero attached hydrogens (tertiary/aromatic N) is 2. The standard InChI is InChI=1S/C25H24N2O2S/c1-3-5-17-29-20-13-10-19(11-14-20)24(28)26-25-27(16-4-2)22-15-12-18-8-6-7-9-21(18)23(22)30-25/h4,6-15H,2-3,5,16-17H2,1H3. The molecule has 0 unspecified atom stereocenters. The molecule has 3 aromatic carbocycles. The third kappa shape index (κ3) is 4.07. The molecule has 152 valence electrons. The predicted molar refractivity (Wildman–Crippen MR) is 124 cm³/mol. The molecule has 0 spiro atoms. The van der Waals surface area contributed by atoms with E-state index in [1.54, 1.807) is 12.1 Å². The molecule has 0 atom stereocenters. The molecule has 1 heterocycles. The van der Waals surface area contributed by atoms with Crippen LogP contribution in [-0.2, 0) is 6.54 Å². The highest BCUT2D eigenvalue weighted by Crippen LogP contribution is 2.27. The van der Waals surface area contributed by atoms with Gasteiger partial charge in [0.1, 0.15) is 5.75 Å². The lowest BCUT2D eigenvalue weighted by molar-refractivity contribution is 0.0998. The van der Waals surface area contributed by atoms with E-state index in [-0.39, 0.29) is 5.91 Å². The zero-order valence-corrected chi connectivity index (χ0v) is 17.8. The van der Waals surface area contributed by atoms with Crippen molar-refractivity contribution in [2.24, 2.45) is 4.99 Å². The van der Waals surface area contributed by atoms with Gasteiger partial charge in [-0.3, -0.25) is 4.79 Å². The van der Waals surface area contributed by atoms with Crippen LogP contribution in [0.2, 0.25) is 0 Å². The number of rotatable bonds is 7. The zero-order valence-electron chi connectivity index (χ0n) is 17.0. The maximum atomic E-state index is 12.8. The monoisotopic (exact) mass is 416 g/mol. The second-order valence-electron chi connectivity index (χ2n) is 7.06. The molecule has 0 fully saturated rings. The summed E-state index contributed by atoms with van der Waals surface area (Å²) in [4.78, 5) is 18.0. The molecule has 5 heteroatoms. The third-order valence-corrected chi connectivity index (χ3v) is 6.08. The highest BCUT2D eigenvalue weighted by atomic mass is 32.1. The number of hydrogen-bond acceptors (Lipinski definition) is 3. The molecule has 4 rings (SSSR count). The van der Waals surface area contributed by atoms with Gasteiger partial charge in [0.15, 0.2) is 4.80 Å². The van der Waals surface area contributed by atoms with Crippen molar-refractivity contribution in [2.75, 3.05) is 6.61 Å². The summed E-state index contributed by atoms with van der Waals surface area (Å²) in [5.74, 6) is 0.513. The summed E-state index contributed by atoms with van der Waals surface area (Å²) in [6, 6.07) is 19.7. The topological polar surface area (TPSA) is 43.6 Å². The average Bonchev–Trinajstić information content (AvgIpc) is 3.12. The molecule has 0 aliphatic rings. The Hall–Kier alpha value is -3.18. The van der Waals surface area contributed by atoms with E-state index in [1.807, 2.05) is 34.9 Å². The summed E-state index contributed by atoms with van der Waals surface area (Å²) in [6.45, 7) is 7.27. The molecule has 0 saturated heterocycles. The first-order valence-electron chi connectivity index (χ1n) is 10.1. The maximum Gasteiger partial charge on any atom is 0.279 e. The van der Waals surface area contributed by atoms with Crippen LogP contribution in [0.4, 0.5) is 0 Å². The van der Waals surface area contributed by atoms with E-state index < -0.39 is 0 Å². The maximum absolute atomic E-state index is 12.8. The summed E-state index contributed by atoms with van der Waals surface area (Å²) in [7, 11) is 0. The first-order valence-corrected chi connectivity index (χ1v) is 11.0. The van der Waals surface area contributed by atoms with E-state index in [9.17, 15) is 4.79 Å². The molecule has 0 radical (unpaired) electrons. The minimum absolute atomic E-state index is 0.260. The Kier molecular flexibility index (Phi) is 6.10. The highest BCUT2D eigenvalue weighted by molar-refractivity contribution is 7.17. The zero-order chi connectivity index (χ0) is 20.9. The molecule has 1 aromatic heterocycles. The Balaban J connectivity index is 1.72. The number of ether oxygens (including phenoxy) is 1. The Bertz CT molecular complexity index is 1270. The average molecular weight is 417 g/mol. The Labute approximate surface area is 179 Å². The molecule has 4 aromatic rings. The minimum Gasteiger partial charge on any atom is -0.494 e. The molecule has 1 amide bonds. The highest BCUT2D eigenvalue weighted by Gasteiger charge is 2.11. The van der Waals surface area contributed by atoms with Gasteiger partial charge in [-0.2, -0.15) is 4.99 Å². The second-order valence-corrected chi connectivity index (χ2v) is 8.04. The van der Waals surface area contributed by atoms with Gasteiger partial charge in [-0.1, -0.05) is 61.1 Å². The fourth-order valence-electron chi connectivity index (χ4n) is 3.37. The molecule has 0 saturated carbocycles. The largest absolute Gasteiger partial charge is 0.494 e. The normalized spacial score (nSPS) is 11.8. The molecule has 0 aliphatic heterocycles. The number of amides is 1. The lowest BCUT2D eigenvalue weighted by Crippen LogP contribution is -2.16. The fraction of sp³-hybridized carbons (Fsp3) is 0.200. The number of carbonyl (C=O) groups is 1. The Morgan fingerprint density at radius 1 is 1.13 bits per heavy atom. The number of unbranched alkanes of at least 4 members (excludes halogenated alkanes) is 1. The van der Waals surface area contributed by atoms with Crippen molar-refractivity contribution in [3.63, 3.8) is 0 Å². The fourth-order valence-corrected chi connectivity index (χ4v) is 4.54. The second kappa shape index (κ2) is 9.09. The third-order valence-electron chi connectivity index (χ3n) is 4.95. The van der Waals surface area contributed by atoms with Crippen molar-refractivity contribution >= 4 is 38.2 Å². The molecule has 0 bridgehead atoms. The minimum atomic E-state index is -0.260. The number of thiazole rings is 1. The van der Waals surface area contributed by atoms with Crippen LogP contribution in [0.5, 0.6) is 5.75 Å². The SMILES string of the molecule is C=CCn1c(=NC(=O)c2ccc(OCCCC)cc2)sc2c3ccccc3ccc21. The first-order chi connectivity index (χ1) is 14.7. The van der Waals surface area contributed by atoms with Gasteiger partial charge in [0.25, 0.3) is 5.91 Å². The van der Waals surface area contributed by atoms with E-state index in [2.05, 4.69) is 42.8 Å². The summed E-state index contributed by atoms with van der Waals surface area (Å²) in [6.07, 6.45) is 3.93. The summed E-state index contributed by atoms with van der Waals surface area (Å²) in [5.41, 5.74) is 1.61. The van der Waals surface area contributed by atoms with Crippen molar-refractivity contribution in [3.05, 3.63) is 83.7 Å². The Morgan fingerprint density at radius 3 is 2.70 bits per heavy atom. The molecule has 4 nitrogen and oxygen atoms in total. The number of fused-ring (bicyclic) bond motifs is 3. The molecule has 30 heavy (non-hydrogen) atoms. The van der Waals surface area contributed by atoms with E-state index in [1.165, 1.54) is 22.1 Å². The van der Waals surface area contributed by atoms with Gasteiger partial charge < -0.3 is 9.30 Å². The number of carbonyl (C=O) groups excluding carboxylic acids is 1. The van der Waals surface area contributed by atoms with Gasteiger partial charge in [-0.15, -0.1) is 6.58 Å². The van der Waals surface area contributed by atoms with Crippen LogP contribution in [-0.4, -0.2) is 17.1 Å². The van der Waals surface area contributed by atoms with E-state index >= 15 is 0 Å². The van der Waals surface area contributed by atoms with Gasteiger partial charge in [0.05, 0.1) is 16.8 Å². The lowest BCUT2D eigenvalue weighted by Gasteiger charge is -2.05. The number of allylic oxidation sites excluding steroid dienone is 1. The predicted octanol–water partition coefficient (Wildman–Crippen LogP) is 5.96. The number of aromatic nitrogens is 1. The van der Waals surface area contributed by atoms with E-state index in [0.29, 0.717) is 23.5 Å². The number of hydrogen-bond donors (Lipinski definition) is 0. The van der Waals surface area contributed by atoms with Crippen molar-refractivity contribution in [2.45, 2.75) is 26.3 Å². The first kappa shape index (κ1) is 20.1. The summed E-state index contributed by atoms with van der Waals surface area (Å²) < 4.78 is 8.84. The Morgan fingerprint density at radius 2 is 1.93 bits per heavy atom.